The second-order valence-corrected chi connectivity index (χ2v) is 5.54. The minimum Gasteiger partial charge on any atom is -0.354 e. The van der Waals surface area contributed by atoms with Gasteiger partial charge in [-0.3, -0.25) is 14.3 Å². The van der Waals surface area contributed by atoms with Crippen LogP contribution in [0.2, 0.25) is 0 Å². The maximum atomic E-state index is 12.5. The van der Waals surface area contributed by atoms with Crippen LogP contribution in [0.15, 0.2) is 60.8 Å². The molecular formula is C19H18N4O2. The summed E-state index contributed by atoms with van der Waals surface area (Å²) in [4.78, 5) is 24.3. The molecule has 0 fully saturated rings. The van der Waals surface area contributed by atoms with E-state index >= 15 is 0 Å². The molecule has 1 heterocycles. The highest BCUT2D eigenvalue weighted by Gasteiger charge is 2.17. The monoisotopic (exact) mass is 334 g/mol. The summed E-state index contributed by atoms with van der Waals surface area (Å²) in [5.41, 5.74) is 3.18. The number of aromatic nitrogens is 2. The van der Waals surface area contributed by atoms with Crippen LogP contribution < -0.4 is 10.6 Å². The third-order valence-corrected chi connectivity index (χ3v) is 3.77. The second-order valence-electron chi connectivity index (χ2n) is 5.54. The molecule has 0 atom stereocenters. The highest BCUT2D eigenvalue weighted by Crippen LogP contribution is 2.20. The number of nitrogens with zero attached hydrogens (tertiary/aromatic N) is 2. The van der Waals surface area contributed by atoms with Gasteiger partial charge in [0.2, 0.25) is 0 Å². The van der Waals surface area contributed by atoms with Crippen molar-refractivity contribution in [2.75, 3.05) is 12.4 Å². The van der Waals surface area contributed by atoms with Crippen molar-refractivity contribution in [3.05, 3.63) is 72.1 Å². The standard InChI is InChI=1S/C19H18N4O2/c1-20-19(25)17-16(12-23(2)22-17)21-18(24)15-10-8-14(9-11-15)13-6-4-3-5-7-13/h3-12H,1-2H3,(H,20,25)(H,21,24). The van der Waals surface area contributed by atoms with Crippen LogP contribution in [0.5, 0.6) is 0 Å². The van der Waals surface area contributed by atoms with E-state index < -0.39 is 0 Å². The van der Waals surface area contributed by atoms with Gasteiger partial charge in [-0.25, -0.2) is 0 Å². The van der Waals surface area contributed by atoms with Crippen molar-refractivity contribution in [1.82, 2.24) is 15.1 Å². The minimum atomic E-state index is -0.352. The third-order valence-electron chi connectivity index (χ3n) is 3.77. The van der Waals surface area contributed by atoms with Crippen molar-refractivity contribution >= 4 is 17.5 Å². The average Bonchev–Trinajstić information content (AvgIpc) is 3.02. The number of benzene rings is 2. The van der Waals surface area contributed by atoms with Gasteiger partial charge in [0.15, 0.2) is 5.69 Å². The lowest BCUT2D eigenvalue weighted by Crippen LogP contribution is -2.21. The van der Waals surface area contributed by atoms with Gasteiger partial charge in [-0.2, -0.15) is 5.10 Å². The maximum Gasteiger partial charge on any atom is 0.273 e. The van der Waals surface area contributed by atoms with Crippen LogP contribution in [-0.4, -0.2) is 28.6 Å². The van der Waals surface area contributed by atoms with Crippen LogP contribution in [0, 0.1) is 0 Å². The fourth-order valence-electron chi connectivity index (χ4n) is 2.51. The van der Waals surface area contributed by atoms with E-state index in [1.54, 1.807) is 25.4 Å². The molecule has 6 heteroatoms. The first-order valence-corrected chi connectivity index (χ1v) is 7.81. The van der Waals surface area contributed by atoms with E-state index in [0.29, 0.717) is 11.3 Å². The van der Waals surface area contributed by atoms with Crippen LogP contribution in [-0.2, 0) is 7.05 Å². The topological polar surface area (TPSA) is 76.0 Å². The van der Waals surface area contributed by atoms with Crippen LogP contribution in [0.3, 0.4) is 0 Å². The van der Waals surface area contributed by atoms with E-state index in [2.05, 4.69) is 15.7 Å². The first kappa shape index (κ1) is 16.4. The van der Waals surface area contributed by atoms with Crippen LogP contribution in [0.25, 0.3) is 11.1 Å². The van der Waals surface area contributed by atoms with E-state index in [4.69, 9.17) is 0 Å². The quantitative estimate of drug-likeness (QED) is 0.770. The Morgan fingerprint density at radius 2 is 1.56 bits per heavy atom. The van der Waals surface area contributed by atoms with E-state index in [1.165, 1.54) is 11.7 Å². The molecular weight excluding hydrogens is 316 g/mol. The lowest BCUT2D eigenvalue weighted by molar-refractivity contribution is 0.0958. The van der Waals surface area contributed by atoms with Crippen LogP contribution in [0.4, 0.5) is 5.69 Å². The van der Waals surface area contributed by atoms with Gasteiger partial charge in [0, 0.05) is 25.9 Å². The SMILES string of the molecule is CNC(=O)c1nn(C)cc1NC(=O)c1ccc(-c2ccccc2)cc1. The van der Waals surface area contributed by atoms with Gasteiger partial charge in [0.25, 0.3) is 11.8 Å². The van der Waals surface area contributed by atoms with Crippen LogP contribution in [0.1, 0.15) is 20.8 Å². The predicted molar refractivity (Wildman–Crippen MR) is 96.4 cm³/mol. The molecule has 0 bridgehead atoms. The zero-order valence-electron chi connectivity index (χ0n) is 14.0. The third kappa shape index (κ3) is 3.58. The first-order chi connectivity index (χ1) is 12.1. The van der Waals surface area contributed by atoms with Crippen molar-refractivity contribution < 1.29 is 9.59 Å². The van der Waals surface area contributed by atoms with Gasteiger partial charge >= 0.3 is 0 Å². The van der Waals surface area contributed by atoms with Gasteiger partial charge in [-0.05, 0) is 23.3 Å². The Hall–Kier alpha value is -3.41. The summed E-state index contributed by atoms with van der Waals surface area (Å²) in [6, 6.07) is 17.2. The molecule has 25 heavy (non-hydrogen) atoms. The highest BCUT2D eigenvalue weighted by atomic mass is 16.2. The smallest absolute Gasteiger partial charge is 0.273 e. The van der Waals surface area contributed by atoms with E-state index in [0.717, 1.165) is 11.1 Å². The Morgan fingerprint density at radius 3 is 2.20 bits per heavy atom. The molecule has 2 N–H and O–H groups in total. The summed E-state index contributed by atoms with van der Waals surface area (Å²) < 4.78 is 1.48. The minimum absolute atomic E-state index is 0.180. The molecule has 2 aromatic carbocycles. The summed E-state index contributed by atoms with van der Waals surface area (Å²) in [6.07, 6.45) is 1.60. The molecule has 3 rings (SSSR count). The summed E-state index contributed by atoms with van der Waals surface area (Å²) in [7, 11) is 3.21. The Kier molecular flexibility index (Phi) is 4.61. The number of amides is 2. The van der Waals surface area contributed by atoms with Gasteiger partial charge in [-0.15, -0.1) is 0 Å². The molecule has 1 aromatic heterocycles. The lowest BCUT2D eigenvalue weighted by Gasteiger charge is -2.06. The fraction of sp³-hybridized carbons (Fsp3) is 0.105. The Morgan fingerprint density at radius 1 is 0.920 bits per heavy atom. The van der Waals surface area contributed by atoms with Gasteiger partial charge in [0.1, 0.15) is 0 Å². The van der Waals surface area contributed by atoms with Crippen molar-refractivity contribution in [2.24, 2.45) is 7.05 Å². The number of hydrogen-bond donors (Lipinski definition) is 2. The molecule has 0 saturated heterocycles. The first-order valence-electron chi connectivity index (χ1n) is 7.81. The molecule has 6 nitrogen and oxygen atoms in total. The van der Waals surface area contributed by atoms with E-state index in [1.807, 2.05) is 42.5 Å². The van der Waals surface area contributed by atoms with Crippen molar-refractivity contribution in [1.29, 1.82) is 0 Å². The second kappa shape index (κ2) is 7.00. The van der Waals surface area contributed by atoms with Crippen molar-refractivity contribution in [3.63, 3.8) is 0 Å². The number of nitrogens with one attached hydrogen (secondary N) is 2. The van der Waals surface area contributed by atoms with Crippen molar-refractivity contribution in [3.8, 4) is 11.1 Å². The number of aryl methyl sites for hydroxylation is 1. The van der Waals surface area contributed by atoms with Crippen molar-refractivity contribution in [2.45, 2.75) is 0 Å². The molecule has 3 aromatic rings. The molecule has 0 radical (unpaired) electrons. The molecule has 2 amide bonds. The van der Waals surface area contributed by atoms with E-state index in [9.17, 15) is 9.59 Å². The molecule has 0 aliphatic rings. The van der Waals surface area contributed by atoms with Gasteiger partial charge < -0.3 is 10.6 Å². The Balaban J connectivity index is 1.79. The summed E-state index contributed by atoms with van der Waals surface area (Å²) >= 11 is 0. The number of carbonyl (C=O) groups excluding carboxylic acids is 2. The highest BCUT2D eigenvalue weighted by molar-refractivity contribution is 6.08. The number of carbonyl (C=O) groups is 2. The lowest BCUT2D eigenvalue weighted by atomic mass is 10.0. The Labute approximate surface area is 145 Å². The molecule has 0 saturated carbocycles. The maximum absolute atomic E-state index is 12.5. The predicted octanol–water partition coefficient (Wildman–Crippen LogP) is 2.70. The molecule has 0 aliphatic heterocycles. The zero-order valence-corrected chi connectivity index (χ0v) is 14.0. The molecule has 126 valence electrons. The van der Waals surface area contributed by atoms with E-state index in [-0.39, 0.29) is 17.5 Å². The normalized spacial score (nSPS) is 10.3. The number of rotatable bonds is 4. The molecule has 0 unspecified atom stereocenters. The summed E-state index contributed by atoms with van der Waals surface area (Å²) in [6.45, 7) is 0. The summed E-state index contributed by atoms with van der Waals surface area (Å²) in [5.74, 6) is -0.645. The van der Waals surface area contributed by atoms with Gasteiger partial charge in [0.05, 0.1) is 5.69 Å². The largest absolute Gasteiger partial charge is 0.354 e. The molecule has 0 spiro atoms. The number of anilines is 1. The molecule has 0 aliphatic carbocycles. The summed E-state index contributed by atoms with van der Waals surface area (Å²) in [5, 5.41) is 9.32. The Bertz CT molecular complexity index is 899. The zero-order chi connectivity index (χ0) is 17.8. The van der Waals surface area contributed by atoms with Crippen LogP contribution >= 0.6 is 0 Å². The number of hydrogen-bond acceptors (Lipinski definition) is 3. The average molecular weight is 334 g/mol. The van der Waals surface area contributed by atoms with Gasteiger partial charge in [-0.1, -0.05) is 42.5 Å². The fourth-order valence-corrected chi connectivity index (χ4v) is 2.51.